The summed E-state index contributed by atoms with van der Waals surface area (Å²) < 4.78 is 42.9. The maximum Gasteiger partial charge on any atom is 0.313 e. The lowest BCUT2D eigenvalue weighted by atomic mass is 10.2. The molecule has 115 heavy (non-hydrogen) atoms. The Bertz CT molecular complexity index is 4200. The largest absolute Gasteiger partial charge is 0.503 e. The third-order valence-electron chi connectivity index (χ3n) is 18.2. The van der Waals surface area contributed by atoms with Gasteiger partial charge in [-0.3, -0.25) is 66.4 Å². The maximum atomic E-state index is 14.2. The van der Waals surface area contributed by atoms with Gasteiger partial charge in [0.15, 0.2) is 45.7 Å². The Hall–Kier alpha value is -10.4. The summed E-state index contributed by atoms with van der Waals surface area (Å²) >= 11 is 4.97. The van der Waals surface area contributed by atoms with Crippen molar-refractivity contribution in [2.45, 2.75) is 69.2 Å². The van der Waals surface area contributed by atoms with Crippen molar-refractivity contribution in [3.05, 3.63) is 107 Å². The van der Waals surface area contributed by atoms with Crippen molar-refractivity contribution in [1.29, 1.82) is 0 Å². The van der Waals surface area contributed by atoms with Gasteiger partial charge in [0.05, 0.1) is 45.0 Å². The molecule has 0 spiro atoms. The number of hydrogen-bond donors (Lipinski definition) is 2. The maximum absolute atomic E-state index is 14.2. The van der Waals surface area contributed by atoms with Crippen molar-refractivity contribution in [2.24, 2.45) is 29.6 Å². The number of piperazine rings is 3. The number of rotatable bonds is 21. The fourth-order valence-corrected chi connectivity index (χ4v) is 11.1. The molecular weight excluding hydrogens is 1560 g/mol. The molecule has 35 heteroatoms. The van der Waals surface area contributed by atoms with Crippen LogP contribution in [0.1, 0.15) is 132 Å². The summed E-state index contributed by atoms with van der Waals surface area (Å²) in [4.78, 5) is 158. The van der Waals surface area contributed by atoms with Gasteiger partial charge in [-0.1, -0.05) is 69.2 Å². The summed E-state index contributed by atoms with van der Waals surface area (Å²) in [6, 6.07) is 20.1. The van der Waals surface area contributed by atoms with E-state index < -0.39 is 94.5 Å². The molecule has 2 N–H and O–H groups in total. The Morgan fingerprint density at radius 3 is 0.739 bits per heavy atom. The van der Waals surface area contributed by atoms with E-state index in [2.05, 4.69) is 14.7 Å². The van der Waals surface area contributed by atoms with E-state index in [4.69, 9.17) is 44.8 Å². The van der Waals surface area contributed by atoms with Crippen LogP contribution in [0, 0.1) is 29.6 Å². The van der Waals surface area contributed by atoms with E-state index in [1.165, 1.54) is 63.8 Å². The lowest BCUT2D eigenvalue weighted by Gasteiger charge is -2.32. The van der Waals surface area contributed by atoms with E-state index in [0.29, 0.717) is 113 Å². The molecular formula is C80H111Cl3N12O20. The van der Waals surface area contributed by atoms with Gasteiger partial charge in [-0.2, -0.15) is 0 Å². The van der Waals surface area contributed by atoms with E-state index >= 15 is 0 Å². The molecule has 3 aromatic heterocycles. The number of hydrogen-bond acceptors (Lipinski definition) is 23. The first-order chi connectivity index (χ1) is 53.1. The number of halogens is 3. The van der Waals surface area contributed by atoms with Crippen LogP contribution in [-0.4, -0.2) is 296 Å². The zero-order chi connectivity index (χ0) is 84.5. The molecule has 3 fully saturated rings. The molecule has 0 atom stereocenters. The van der Waals surface area contributed by atoms with Gasteiger partial charge < -0.3 is 87.5 Å². The van der Waals surface area contributed by atoms with Gasteiger partial charge in [-0.25, -0.2) is 0 Å². The SMILES string of the molecule is CC(C)C(=O)Cl.COc1ccc(-n2c(C(=O)N(C)C)c(O)c(O)c2C(=O)N2CCN(C)CC2)cc1.COc1ccc(-n2c(C(=O)N(C)C)c(OC(=O)C(C)C)c(OC(=O)C(C)C)c2C(=O)N2CCN(C)CC2)cc1.COc1ccc(-n2c(C(=O)N(C)C)c(OC(=O)C(C)C)c(OC(=O)C(C)C)c2C(=O)N2CCN(C)CC2)cc1.Cl.Cl. The average Bonchev–Trinajstić information content (AvgIpc) is 1.60. The highest BCUT2D eigenvalue weighted by Gasteiger charge is 2.43. The van der Waals surface area contributed by atoms with Gasteiger partial charge in [0.25, 0.3) is 35.4 Å². The number of ether oxygens (including phenoxy) is 7. The van der Waals surface area contributed by atoms with Crippen LogP contribution in [0.15, 0.2) is 72.8 Å². The van der Waals surface area contributed by atoms with Crippen LogP contribution in [0.4, 0.5) is 0 Å². The highest BCUT2D eigenvalue weighted by atomic mass is 35.5. The molecule has 632 valence electrons. The van der Waals surface area contributed by atoms with Gasteiger partial charge in [-0.15, -0.1) is 24.8 Å². The fraction of sp³-hybridized carbons (Fsp3) is 0.487. The lowest BCUT2D eigenvalue weighted by molar-refractivity contribution is -0.140. The summed E-state index contributed by atoms with van der Waals surface area (Å²) in [6.45, 7) is 23.4. The van der Waals surface area contributed by atoms with Crippen molar-refractivity contribution in [2.75, 3.05) is 163 Å². The van der Waals surface area contributed by atoms with Gasteiger partial charge in [0.1, 0.15) is 17.2 Å². The molecule has 0 bridgehead atoms. The monoisotopic (exact) mass is 1660 g/mol. The minimum absolute atomic E-state index is 0. The van der Waals surface area contributed by atoms with Crippen LogP contribution in [-0.2, 0) is 24.0 Å². The van der Waals surface area contributed by atoms with Gasteiger partial charge in [0.2, 0.25) is 28.2 Å². The second-order valence-electron chi connectivity index (χ2n) is 29.4. The van der Waals surface area contributed by atoms with Crippen molar-refractivity contribution in [3.63, 3.8) is 0 Å². The Morgan fingerprint density at radius 2 is 0.530 bits per heavy atom. The topological polar surface area (TPSA) is 337 Å². The molecule has 3 aromatic carbocycles. The van der Waals surface area contributed by atoms with Crippen LogP contribution < -0.4 is 33.2 Å². The Labute approximate surface area is 689 Å². The summed E-state index contributed by atoms with van der Waals surface area (Å²) in [6.07, 6.45) is 0. The number of nitrogens with zero attached hydrogens (tertiary/aromatic N) is 12. The summed E-state index contributed by atoms with van der Waals surface area (Å²) in [7, 11) is 19.7. The fourth-order valence-electron chi connectivity index (χ4n) is 11.1. The molecule has 6 amide bonds. The summed E-state index contributed by atoms with van der Waals surface area (Å²) in [5.41, 5.74) is 0.623. The standard InChI is InChI=1S/2C28H38N4O7.C20H26N4O5.C4H7ClO.2ClH/c2*1-17(2)27(35)38-23-21(25(33)29(5)6)32(19-9-11-20(37-8)12-10-19)22(24(23)39-28(36)18(3)4)26(34)31-15-13-30(7)14-16-31;1-21(2)19(27)15-17(25)18(26)16(20(28)23-11-9-22(3)10-12-23)24(15)13-5-7-14(29-4)8-6-13;1-3(2)4(5)6;;/h2*9-12,17-18H,13-16H2,1-8H3;5-8,25-26H,9-12H2,1-4H3;3H,1-2H3;2*1H. The smallest absolute Gasteiger partial charge is 0.313 e. The van der Waals surface area contributed by atoms with E-state index in [9.17, 15) is 63.0 Å². The molecule has 0 radical (unpaired) electrons. The number of carbonyl (C=O) groups excluding carboxylic acids is 11. The molecule has 0 aliphatic carbocycles. The zero-order valence-corrected chi connectivity index (χ0v) is 72.0. The van der Waals surface area contributed by atoms with Crippen molar-refractivity contribution >= 4 is 101 Å². The number of aromatic hydroxyl groups is 2. The van der Waals surface area contributed by atoms with Gasteiger partial charge >= 0.3 is 23.9 Å². The third kappa shape index (κ3) is 23.9. The number of aromatic nitrogens is 3. The number of carbonyl (C=O) groups is 11. The number of benzene rings is 3. The minimum atomic E-state index is -0.643. The Balaban J connectivity index is 0.000000351. The van der Waals surface area contributed by atoms with Gasteiger partial charge in [0, 0.05) is 144 Å². The van der Waals surface area contributed by atoms with Crippen LogP contribution in [0.25, 0.3) is 17.1 Å². The normalized spacial score (nSPS) is 13.7. The number of amides is 6. The first kappa shape index (κ1) is 97.0. The summed E-state index contributed by atoms with van der Waals surface area (Å²) in [5, 5.41) is 20.9. The zero-order valence-electron chi connectivity index (χ0n) is 69.6. The Morgan fingerprint density at radius 1 is 0.330 bits per heavy atom. The van der Waals surface area contributed by atoms with Crippen LogP contribution >= 0.6 is 36.4 Å². The van der Waals surface area contributed by atoms with Crippen LogP contribution in [0.3, 0.4) is 0 Å². The highest BCUT2D eigenvalue weighted by molar-refractivity contribution is 6.63. The van der Waals surface area contributed by atoms with Crippen molar-refractivity contribution < 1.29 is 96.1 Å². The highest BCUT2D eigenvalue weighted by Crippen LogP contribution is 2.46. The molecule has 3 aliphatic heterocycles. The predicted molar refractivity (Wildman–Crippen MR) is 437 cm³/mol. The van der Waals surface area contributed by atoms with Crippen molar-refractivity contribution in [3.8, 4) is 68.8 Å². The quantitative estimate of drug-likeness (QED) is 0.0502. The molecule has 0 unspecified atom stereocenters. The third-order valence-corrected chi connectivity index (χ3v) is 18.7. The molecule has 3 aliphatic rings. The lowest BCUT2D eigenvalue weighted by Crippen LogP contribution is -2.47. The second kappa shape index (κ2) is 43.4. The van der Waals surface area contributed by atoms with E-state index in [0.717, 1.165) is 0 Å². The summed E-state index contributed by atoms with van der Waals surface area (Å²) in [5.74, 6) is -8.31. The minimum Gasteiger partial charge on any atom is -0.503 e. The van der Waals surface area contributed by atoms with Crippen LogP contribution in [0.2, 0.25) is 0 Å². The first-order valence-corrected chi connectivity index (χ1v) is 37.3. The van der Waals surface area contributed by atoms with E-state index in [1.807, 2.05) is 21.1 Å². The average molecular weight is 1670 g/mol. The molecule has 3 saturated heterocycles. The number of esters is 4. The second-order valence-corrected chi connectivity index (χ2v) is 29.7. The van der Waals surface area contributed by atoms with Crippen molar-refractivity contribution in [1.82, 2.24) is 57.8 Å². The molecule has 9 rings (SSSR count). The molecule has 6 heterocycles. The number of likely N-dealkylation sites (N-methyl/N-ethyl adjacent to an activating group) is 3. The van der Waals surface area contributed by atoms with Gasteiger partial charge in [-0.05, 0) is 106 Å². The molecule has 32 nitrogen and oxygen atoms in total. The van der Waals surface area contributed by atoms with E-state index in [1.54, 1.807) is 185 Å². The predicted octanol–water partition coefficient (Wildman–Crippen LogP) is 8.63. The Kier molecular flexibility index (Phi) is 36.6. The van der Waals surface area contributed by atoms with E-state index in [-0.39, 0.29) is 93.1 Å². The number of methoxy groups -OCH3 is 3. The van der Waals surface area contributed by atoms with Crippen LogP contribution in [0.5, 0.6) is 51.7 Å². The molecule has 6 aromatic rings. The first-order valence-electron chi connectivity index (χ1n) is 37.0. The molecule has 0 saturated carbocycles.